The molecule has 1 saturated heterocycles. The highest BCUT2D eigenvalue weighted by molar-refractivity contribution is 5.80. The van der Waals surface area contributed by atoms with Gasteiger partial charge in [0.1, 0.15) is 0 Å². The molecule has 0 unspecified atom stereocenters. The maximum Gasteiger partial charge on any atom is 0.238 e. The predicted octanol–water partition coefficient (Wildman–Crippen LogP) is -0.602. The zero-order chi connectivity index (χ0) is 8.27. The molecule has 1 amide bonds. The molecule has 1 heterocycles. The monoisotopic (exact) mass is 158 g/mol. The predicted molar refractivity (Wildman–Crippen MR) is 40.6 cm³/mol. The first-order valence-corrected chi connectivity index (χ1v) is 3.95. The molecule has 64 valence electrons. The Hall–Kier alpha value is -0.610. The minimum Gasteiger partial charge on any atom is -0.396 e. The largest absolute Gasteiger partial charge is 0.396 e. The molecule has 0 bridgehead atoms. The Bertz CT molecular complexity index is 149. The Morgan fingerprint density at radius 1 is 1.64 bits per heavy atom. The first-order valence-electron chi connectivity index (χ1n) is 3.95. The Labute approximate surface area is 65.9 Å². The summed E-state index contributed by atoms with van der Waals surface area (Å²) in [6, 6.07) is 0.109. The quantitative estimate of drug-likeness (QED) is 0.514. The van der Waals surface area contributed by atoms with Crippen LogP contribution in [0.25, 0.3) is 0 Å². The van der Waals surface area contributed by atoms with Crippen LogP contribution in [0.2, 0.25) is 0 Å². The second-order valence-corrected chi connectivity index (χ2v) is 2.77. The number of hydrogen-bond acceptors (Lipinski definition) is 3. The van der Waals surface area contributed by atoms with Crippen molar-refractivity contribution in [2.75, 3.05) is 6.61 Å². The molecule has 0 aromatic carbocycles. The van der Waals surface area contributed by atoms with E-state index < -0.39 is 0 Å². The zero-order valence-electron chi connectivity index (χ0n) is 6.63. The topological polar surface area (TPSA) is 61.4 Å². The molecule has 1 aliphatic heterocycles. The molecule has 0 aromatic heterocycles. The number of amides is 1. The maximum atomic E-state index is 11.0. The van der Waals surface area contributed by atoms with Crippen LogP contribution in [0.15, 0.2) is 0 Å². The van der Waals surface area contributed by atoms with Crippen molar-refractivity contribution in [3.8, 4) is 0 Å². The lowest BCUT2D eigenvalue weighted by atomic mass is 9.96. The first-order chi connectivity index (χ1) is 5.29. The number of nitrogens with one attached hydrogen (secondary N) is 2. The number of aliphatic hydroxyl groups is 1. The molecule has 11 heavy (non-hydrogen) atoms. The van der Waals surface area contributed by atoms with E-state index in [1.807, 2.05) is 6.92 Å². The first kappa shape index (κ1) is 8.49. The van der Waals surface area contributed by atoms with E-state index in [4.69, 9.17) is 5.11 Å². The SMILES string of the molecule is CC[C@@H]1C(=O)NN[C@@H]1CCO. The summed E-state index contributed by atoms with van der Waals surface area (Å²) in [4.78, 5) is 11.0. The summed E-state index contributed by atoms with van der Waals surface area (Å²) in [5.41, 5.74) is 5.40. The third-order valence-electron chi connectivity index (χ3n) is 2.08. The molecule has 0 aromatic rings. The van der Waals surface area contributed by atoms with Crippen LogP contribution < -0.4 is 10.9 Å². The minimum absolute atomic E-state index is 0.0298. The summed E-state index contributed by atoms with van der Waals surface area (Å²) in [7, 11) is 0. The van der Waals surface area contributed by atoms with Gasteiger partial charge in [-0.25, -0.2) is 5.43 Å². The molecule has 4 heteroatoms. The van der Waals surface area contributed by atoms with Crippen molar-refractivity contribution >= 4 is 5.91 Å². The van der Waals surface area contributed by atoms with Gasteiger partial charge in [0, 0.05) is 12.6 Å². The summed E-state index contributed by atoms with van der Waals surface area (Å²) < 4.78 is 0. The fourth-order valence-corrected chi connectivity index (χ4v) is 1.42. The molecule has 0 aliphatic carbocycles. The number of rotatable bonds is 3. The van der Waals surface area contributed by atoms with E-state index in [9.17, 15) is 4.79 Å². The highest BCUT2D eigenvalue weighted by Crippen LogP contribution is 2.15. The summed E-state index contributed by atoms with van der Waals surface area (Å²) in [6.45, 7) is 2.10. The van der Waals surface area contributed by atoms with Crippen LogP contribution >= 0.6 is 0 Å². The van der Waals surface area contributed by atoms with Gasteiger partial charge >= 0.3 is 0 Å². The fourth-order valence-electron chi connectivity index (χ4n) is 1.42. The number of carbonyl (C=O) groups excluding carboxylic acids is 1. The van der Waals surface area contributed by atoms with Gasteiger partial charge in [-0.15, -0.1) is 0 Å². The van der Waals surface area contributed by atoms with E-state index >= 15 is 0 Å². The maximum absolute atomic E-state index is 11.0. The smallest absolute Gasteiger partial charge is 0.238 e. The van der Waals surface area contributed by atoms with Crippen molar-refractivity contribution in [1.82, 2.24) is 10.9 Å². The van der Waals surface area contributed by atoms with Crippen molar-refractivity contribution in [2.24, 2.45) is 5.92 Å². The van der Waals surface area contributed by atoms with Crippen LogP contribution in [-0.4, -0.2) is 23.7 Å². The zero-order valence-corrected chi connectivity index (χ0v) is 6.63. The molecule has 1 fully saturated rings. The summed E-state index contributed by atoms with van der Waals surface area (Å²) in [5, 5.41) is 8.65. The van der Waals surface area contributed by atoms with Crippen molar-refractivity contribution in [1.29, 1.82) is 0 Å². The Kier molecular flexibility index (Phi) is 2.84. The number of hydrazine groups is 1. The van der Waals surface area contributed by atoms with Crippen molar-refractivity contribution in [3.05, 3.63) is 0 Å². The van der Waals surface area contributed by atoms with E-state index in [1.54, 1.807) is 0 Å². The van der Waals surface area contributed by atoms with E-state index in [-0.39, 0.29) is 24.5 Å². The highest BCUT2D eigenvalue weighted by Gasteiger charge is 2.31. The third-order valence-corrected chi connectivity index (χ3v) is 2.08. The Morgan fingerprint density at radius 3 is 2.91 bits per heavy atom. The molecule has 3 N–H and O–H groups in total. The second kappa shape index (κ2) is 3.69. The van der Waals surface area contributed by atoms with Gasteiger partial charge in [-0.1, -0.05) is 6.92 Å². The van der Waals surface area contributed by atoms with Gasteiger partial charge in [-0.05, 0) is 12.8 Å². The van der Waals surface area contributed by atoms with Gasteiger partial charge in [0.15, 0.2) is 0 Å². The molecule has 1 rings (SSSR count). The summed E-state index contributed by atoms with van der Waals surface area (Å²) in [6.07, 6.45) is 1.46. The Balaban J connectivity index is 2.47. The van der Waals surface area contributed by atoms with Crippen molar-refractivity contribution in [3.63, 3.8) is 0 Å². The lowest BCUT2D eigenvalue weighted by molar-refractivity contribution is -0.122. The van der Waals surface area contributed by atoms with Crippen LogP contribution in [0.4, 0.5) is 0 Å². The number of aliphatic hydroxyl groups excluding tert-OH is 1. The van der Waals surface area contributed by atoms with E-state index in [2.05, 4.69) is 10.9 Å². The van der Waals surface area contributed by atoms with Gasteiger partial charge in [0.25, 0.3) is 0 Å². The van der Waals surface area contributed by atoms with Crippen molar-refractivity contribution in [2.45, 2.75) is 25.8 Å². The summed E-state index contributed by atoms with van der Waals surface area (Å²) >= 11 is 0. The molecule has 0 spiro atoms. The van der Waals surface area contributed by atoms with Gasteiger partial charge in [-0.3, -0.25) is 10.2 Å². The molecular formula is C7H14N2O2. The normalized spacial score (nSPS) is 30.5. The van der Waals surface area contributed by atoms with Crippen LogP contribution in [0.3, 0.4) is 0 Å². The molecule has 0 radical (unpaired) electrons. The van der Waals surface area contributed by atoms with Crippen molar-refractivity contribution < 1.29 is 9.90 Å². The highest BCUT2D eigenvalue weighted by atomic mass is 16.3. The molecule has 4 nitrogen and oxygen atoms in total. The van der Waals surface area contributed by atoms with Gasteiger partial charge in [-0.2, -0.15) is 0 Å². The van der Waals surface area contributed by atoms with Crippen LogP contribution in [0.5, 0.6) is 0 Å². The standard InChI is InChI=1S/C7H14N2O2/c1-2-5-6(3-4-10)8-9-7(5)11/h5-6,8,10H,2-4H2,1H3,(H,9,11)/t5-,6+/m0/s1. The number of carbonyl (C=O) groups is 1. The molecular weight excluding hydrogens is 144 g/mol. The van der Waals surface area contributed by atoms with Gasteiger partial charge < -0.3 is 5.11 Å². The fraction of sp³-hybridized carbons (Fsp3) is 0.857. The number of hydrogen-bond donors (Lipinski definition) is 3. The van der Waals surface area contributed by atoms with Crippen LogP contribution in [0, 0.1) is 5.92 Å². The second-order valence-electron chi connectivity index (χ2n) is 2.77. The third kappa shape index (κ3) is 1.70. The average Bonchev–Trinajstić information content (AvgIpc) is 2.33. The lowest BCUT2D eigenvalue weighted by Gasteiger charge is -2.12. The van der Waals surface area contributed by atoms with Gasteiger partial charge in [0.2, 0.25) is 5.91 Å². The minimum atomic E-state index is 0.0298. The van der Waals surface area contributed by atoms with Gasteiger partial charge in [0.05, 0.1) is 5.92 Å². The Morgan fingerprint density at radius 2 is 2.36 bits per heavy atom. The lowest BCUT2D eigenvalue weighted by Crippen LogP contribution is -2.32. The van der Waals surface area contributed by atoms with Crippen LogP contribution in [-0.2, 0) is 4.79 Å². The molecule has 1 aliphatic rings. The molecule has 0 saturated carbocycles. The van der Waals surface area contributed by atoms with E-state index in [0.717, 1.165) is 6.42 Å². The average molecular weight is 158 g/mol. The van der Waals surface area contributed by atoms with E-state index in [1.165, 1.54) is 0 Å². The van der Waals surface area contributed by atoms with Crippen LogP contribution in [0.1, 0.15) is 19.8 Å². The van der Waals surface area contributed by atoms with E-state index in [0.29, 0.717) is 6.42 Å². The molecule has 2 atom stereocenters. The summed E-state index contributed by atoms with van der Waals surface area (Å²) in [5.74, 6) is 0.0769.